The van der Waals surface area contributed by atoms with Gasteiger partial charge in [0.15, 0.2) is 0 Å². The quantitative estimate of drug-likeness (QED) is 0.884. The van der Waals surface area contributed by atoms with Crippen molar-refractivity contribution in [1.82, 2.24) is 0 Å². The Bertz CT molecular complexity index is 473. The Morgan fingerprint density at radius 1 is 0.950 bits per heavy atom. The average Bonchev–Trinajstić information content (AvgIpc) is 2.26. The molecule has 0 fully saturated rings. The lowest BCUT2D eigenvalue weighted by molar-refractivity contribution is -0.126. The van der Waals surface area contributed by atoms with Crippen LogP contribution in [0.2, 0.25) is 0 Å². The zero-order chi connectivity index (χ0) is 15.8. The molecule has 0 aliphatic rings. The molecule has 1 aromatic carbocycles. The standard InChI is InChI=1S/C17H28N2O/c1-15(2,3)12-8-10-13(11-9-12)19-14(20)16(4,5)17(6,7)18/h8-11H,18H2,1-7H3,(H,19,20). The number of amides is 1. The van der Waals surface area contributed by atoms with Crippen LogP contribution in [0.3, 0.4) is 0 Å². The highest BCUT2D eigenvalue weighted by Crippen LogP contribution is 2.30. The molecule has 0 atom stereocenters. The van der Waals surface area contributed by atoms with Gasteiger partial charge in [-0.3, -0.25) is 4.79 Å². The second kappa shape index (κ2) is 5.21. The smallest absolute Gasteiger partial charge is 0.231 e. The number of carbonyl (C=O) groups is 1. The van der Waals surface area contributed by atoms with Gasteiger partial charge in [0.05, 0.1) is 5.41 Å². The highest BCUT2D eigenvalue weighted by Gasteiger charge is 2.40. The van der Waals surface area contributed by atoms with Crippen LogP contribution in [0.25, 0.3) is 0 Å². The largest absolute Gasteiger partial charge is 0.326 e. The van der Waals surface area contributed by atoms with E-state index in [4.69, 9.17) is 5.73 Å². The lowest BCUT2D eigenvalue weighted by atomic mass is 9.74. The van der Waals surface area contributed by atoms with Gasteiger partial charge in [0.1, 0.15) is 0 Å². The van der Waals surface area contributed by atoms with E-state index in [1.54, 1.807) is 0 Å². The van der Waals surface area contributed by atoms with E-state index in [-0.39, 0.29) is 11.3 Å². The van der Waals surface area contributed by atoms with Crippen LogP contribution in [0.15, 0.2) is 24.3 Å². The zero-order valence-electron chi connectivity index (χ0n) is 13.8. The molecule has 0 spiro atoms. The van der Waals surface area contributed by atoms with Gasteiger partial charge in [-0.05, 0) is 50.8 Å². The second-order valence-corrected chi connectivity index (χ2v) is 7.63. The molecule has 0 saturated heterocycles. The molecule has 3 heteroatoms. The van der Waals surface area contributed by atoms with Crippen molar-refractivity contribution in [3.8, 4) is 0 Å². The molecule has 0 radical (unpaired) electrons. The molecule has 0 aliphatic carbocycles. The topological polar surface area (TPSA) is 55.1 Å². The van der Waals surface area contributed by atoms with Gasteiger partial charge in [-0.2, -0.15) is 0 Å². The molecule has 0 aromatic heterocycles. The van der Waals surface area contributed by atoms with Gasteiger partial charge >= 0.3 is 0 Å². The predicted octanol–water partition coefficient (Wildman–Crippen LogP) is 3.69. The van der Waals surface area contributed by atoms with Crippen molar-refractivity contribution < 1.29 is 4.79 Å². The molecule has 112 valence electrons. The Hall–Kier alpha value is -1.35. The number of carbonyl (C=O) groups excluding carboxylic acids is 1. The van der Waals surface area contributed by atoms with E-state index in [1.807, 2.05) is 39.8 Å². The van der Waals surface area contributed by atoms with Crippen molar-refractivity contribution in [3.05, 3.63) is 29.8 Å². The van der Waals surface area contributed by atoms with Crippen LogP contribution in [-0.4, -0.2) is 11.4 Å². The zero-order valence-corrected chi connectivity index (χ0v) is 13.8. The van der Waals surface area contributed by atoms with E-state index in [0.717, 1.165) is 5.69 Å². The fourth-order valence-electron chi connectivity index (χ4n) is 1.63. The molecule has 0 aliphatic heterocycles. The maximum Gasteiger partial charge on any atom is 0.231 e. The number of benzene rings is 1. The Balaban J connectivity index is 2.88. The maximum absolute atomic E-state index is 12.4. The van der Waals surface area contributed by atoms with Crippen LogP contribution in [-0.2, 0) is 10.2 Å². The van der Waals surface area contributed by atoms with Gasteiger partial charge in [0, 0.05) is 11.2 Å². The van der Waals surface area contributed by atoms with Gasteiger partial charge in [-0.1, -0.05) is 32.9 Å². The van der Waals surface area contributed by atoms with Gasteiger partial charge in [0.25, 0.3) is 0 Å². The molecule has 20 heavy (non-hydrogen) atoms. The first kappa shape index (κ1) is 16.7. The lowest BCUT2D eigenvalue weighted by Crippen LogP contribution is -2.53. The molecule has 3 nitrogen and oxygen atoms in total. The molecule has 1 aromatic rings. The third-order valence-corrected chi connectivity index (χ3v) is 4.19. The summed E-state index contributed by atoms with van der Waals surface area (Å²) in [5, 5.41) is 2.95. The van der Waals surface area contributed by atoms with Gasteiger partial charge < -0.3 is 11.1 Å². The van der Waals surface area contributed by atoms with Crippen LogP contribution >= 0.6 is 0 Å². The SMILES string of the molecule is CC(C)(C)c1ccc(NC(=O)C(C)(C)C(C)(C)N)cc1. The van der Waals surface area contributed by atoms with Crippen molar-refractivity contribution in [2.45, 2.75) is 59.4 Å². The summed E-state index contributed by atoms with van der Waals surface area (Å²) in [6.45, 7) is 14.0. The van der Waals surface area contributed by atoms with Crippen molar-refractivity contribution >= 4 is 11.6 Å². The number of nitrogens with two attached hydrogens (primary N) is 1. The Labute approximate surface area is 122 Å². The first-order valence-corrected chi connectivity index (χ1v) is 7.06. The number of rotatable bonds is 3. The lowest BCUT2D eigenvalue weighted by Gasteiger charge is -2.36. The molecule has 1 amide bonds. The minimum absolute atomic E-state index is 0.0616. The number of nitrogens with one attached hydrogen (secondary N) is 1. The highest BCUT2D eigenvalue weighted by atomic mass is 16.2. The van der Waals surface area contributed by atoms with Crippen LogP contribution < -0.4 is 11.1 Å². The fourth-order valence-corrected chi connectivity index (χ4v) is 1.63. The first-order chi connectivity index (χ1) is 8.85. The molecular weight excluding hydrogens is 248 g/mol. The fraction of sp³-hybridized carbons (Fsp3) is 0.588. The number of hydrogen-bond donors (Lipinski definition) is 2. The van der Waals surface area contributed by atoms with Crippen molar-refractivity contribution in [2.24, 2.45) is 11.1 Å². The summed E-state index contributed by atoms with van der Waals surface area (Å²) in [5.74, 6) is -0.0616. The van der Waals surface area contributed by atoms with E-state index < -0.39 is 11.0 Å². The van der Waals surface area contributed by atoms with Crippen LogP contribution in [0, 0.1) is 5.41 Å². The first-order valence-electron chi connectivity index (χ1n) is 7.06. The molecular formula is C17H28N2O. The molecule has 0 saturated carbocycles. The summed E-state index contributed by atoms with van der Waals surface area (Å²) >= 11 is 0. The van der Waals surface area contributed by atoms with E-state index in [9.17, 15) is 4.79 Å². The van der Waals surface area contributed by atoms with E-state index in [2.05, 4.69) is 38.2 Å². The van der Waals surface area contributed by atoms with Gasteiger partial charge in [-0.15, -0.1) is 0 Å². The third kappa shape index (κ3) is 3.60. The monoisotopic (exact) mass is 276 g/mol. The van der Waals surface area contributed by atoms with Crippen molar-refractivity contribution in [3.63, 3.8) is 0 Å². The van der Waals surface area contributed by atoms with Crippen LogP contribution in [0.4, 0.5) is 5.69 Å². The molecule has 0 bridgehead atoms. The van der Waals surface area contributed by atoms with Crippen LogP contribution in [0.5, 0.6) is 0 Å². The maximum atomic E-state index is 12.4. The summed E-state index contributed by atoms with van der Waals surface area (Å²) in [6, 6.07) is 7.99. The summed E-state index contributed by atoms with van der Waals surface area (Å²) in [7, 11) is 0. The van der Waals surface area contributed by atoms with E-state index >= 15 is 0 Å². The van der Waals surface area contributed by atoms with Crippen molar-refractivity contribution in [2.75, 3.05) is 5.32 Å². The van der Waals surface area contributed by atoms with E-state index in [0.29, 0.717) is 0 Å². The third-order valence-electron chi connectivity index (χ3n) is 4.19. The van der Waals surface area contributed by atoms with Crippen molar-refractivity contribution in [1.29, 1.82) is 0 Å². The van der Waals surface area contributed by atoms with E-state index in [1.165, 1.54) is 5.56 Å². The summed E-state index contributed by atoms with van der Waals surface area (Å²) in [4.78, 5) is 12.4. The minimum atomic E-state index is -0.643. The van der Waals surface area contributed by atoms with Crippen LogP contribution in [0.1, 0.15) is 54.0 Å². The molecule has 0 heterocycles. The average molecular weight is 276 g/mol. The second-order valence-electron chi connectivity index (χ2n) is 7.63. The summed E-state index contributed by atoms with van der Waals surface area (Å²) in [6.07, 6.45) is 0. The summed E-state index contributed by atoms with van der Waals surface area (Å²) < 4.78 is 0. The number of hydrogen-bond acceptors (Lipinski definition) is 2. The number of anilines is 1. The predicted molar refractivity (Wildman–Crippen MR) is 85.8 cm³/mol. The Morgan fingerprint density at radius 3 is 1.75 bits per heavy atom. The minimum Gasteiger partial charge on any atom is -0.326 e. The molecule has 0 unspecified atom stereocenters. The Morgan fingerprint density at radius 2 is 1.40 bits per heavy atom. The Kier molecular flexibility index (Phi) is 4.35. The van der Waals surface area contributed by atoms with Gasteiger partial charge in [0.2, 0.25) is 5.91 Å². The highest BCUT2D eigenvalue weighted by molar-refractivity contribution is 5.95. The normalized spacial score (nSPS) is 13.2. The summed E-state index contributed by atoms with van der Waals surface area (Å²) in [5.41, 5.74) is 7.03. The van der Waals surface area contributed by atoms with Gasteiger partial charge in [-0.25, -0.2) is 0 Å². The molecule has 1 rings (SSSR count). The molecule has 3 N–H and O–H groups in total.